The Morgan fingerprint density at radius 2 is 0.524 bits per heavy atom. The van der Waals surface area contributed by atoms with Crippen molar-refractivity contribution < 1.29 is 18.9 Å². The maximum atomic E-state index is 7.11. The Bertz CT molecular complexity index is 2960. The van der Waals surface area contributed by atoms with Crippen LogP contribution in [0.1, 0.15) is 194 Å². The number of nitrogens with zero attached hydrogens (tertiary/aromatic N) is 2. The van der Waals surface area contributed by atoms with Gasteiger partial charge >= 0.3 is 0 Å². The average Bonchev–Trinajstić information content (AvgIpc) is 1.16. The van der Waals surface area contributed by atoms with E-state index in [1.165, 1.54) is 38.5 Å². The summed E-state index contributed by atoms with van der Waals surface area (Å²) in [6.45, 7) is 24.8. The van der Waals surface area contributed by atoms with Crippen LogP contribution in [0.4, 0.5) is 11.4 Å². The van der Waals surface area contributed by atoms with Crippen molar-refractivity contribution >= 4 is 55.1 Å². The third-order valence-corrected chi connectivity index (χ3v) is 16.9. The molecule has 0 bridgehead atoms. The SMILES string of the molecule is CC.CCCCC(CC)COc1cc2c3cc(N=C(c4ccccc4)c4ccccc4)c(N=C(c4ccccc4)c4ccccc4)cc3c3cc(OCC(CC)CCCC)c(OCC(CC)CCCC)cc3c2cc1OCC(CC)CCCC. The Morgan fingerprint density at radius 1 is 0.310 bits per heavy atom. The number of ether oxygens (including phenoxy) is 4. The molecular formula is C78H100N2O4. The number of aliphatic imine (C=N–C) groups is 2. The van der Waals surface area contributed by atoms with Crippen LogP contribution in [-0.4, -0.2) is 37.9 Å². The quantitative estimate of drug-likeness (QED) is 0.0298. The molecule has 0 aliphatic heterocycles. The number of fused-ring (bicyclic) bond motifs is 6. The molecule has 446 valence electrons. The van der Waals surface area contributed by atoms with Crippen LogP contribution in [0.3, 0.4) is 0 Å². The van der Waals surface area contributed by atoms with Gasteiger partial charge in [-0.3, -0.25) is 0 Å². The lowest BCUT2D eigenvalue weighted by molar-refractivity contribution is 0.199. The summed E-state index contributed by atoms with van der Waals surface area (Å²) < 4.78 is 28.4. The lowest BCUT2D eigenvalue weighted by Crippen LogP contribution is -2.14. The Morgan fingerprint density at radius 3 is 0.726 bits per heavy atom. The van der Waals surface area contributed by atoms with Crippen LogP contribution in [0.2, 0.25) is 0 Å². The average molecular weight is 1130 g/mol. The first kappa shape index (κ1) is 64.6. The van der Waals surface area contributed by atoms with Gasteiger partial charge in [-0.15, -0.1) is 0 Å². The molecule has 0 radical (unpaired) electrons. The standard InChI is InChI=1S/C76H94N2O4.C2H6/c1-9-17-33-55(13-5)51-79-71-47-65-63-45-69(77-75(59-37-25-21-26-38-59)60-39-27-22-28-40-60)70(78-76(61-41-29-23-30-42-61)62-43-31-24-32-44-62)46-64(63)66-48-72(80-52-56(14-6)34-18-10-2)74(82-54-58(16-8)36-20-12-4)50-68(66)67(65)49-73(71)81-53-57(15-7)35-19-11-3;1-2/h21-32,37-50,55-58H,9-20,33-36,51-54H2,1-8H3;1-2H3. The van der Waals surface area contributed by atoms with Gasteiger partial charge in [-0.2, -0.15) is 0 Å². The minimum atomic E-state index is 0.431. The summed E-state index contributed by atoms with van der Waals surface area (Å²) in [5.41, 5.74) is 7.32. The van der Waals surface area contributed by atoms with Crippen LogP contribution in [0.15, 0.2) is 168 Å². The summed E-state index contributed by atoms with van der Waals surface area (Å²) in [6.07, 6.45) is 18.1. The van der Waals surface area contributed by atoms with Crippen molar-refractivity contribution in [3.8, 4) is 23.0 Å². The van der Waals surface area contributed by atoms with E-state index in [0.29, 0.717) is 50.1 Å². The summed E-state index contributed by atoms with van der Waals surface area (Å²) in [5, 5.41) is 6.35. The highest BCUT2D eigenvalue weighted by Crippen LogP contribution is 2.48. The highest BCUT2D eigenvalue weighted by molar-refractivity contribution is 6.28. The first-order valence-electron chi connectivity index (χ1n) is 32.8. The third-order valence-electron chi connectivity index (χ3n) is 16.9. The molecule has 0 N–H and O–H groups in total. The molecule has 6 nitrogen and oxygen atoms in total. The number of unbranched alkanes of at least 4 members (excludes halogenated alkanes) is 4. The van der Waals surface area contributed by atoms with Crippen molar-refractivity contribution in [1.29, 1.82) is 0 Å². The topological polar surface area (TPSA) is 61.6 Å². The fourth-order valence-electron chi connectivity index (χ4n) is 11.3. The van der Waals surface area contributed by atoms with E-state index < -0.39 is 0 Å². The van der Waals surface area contributed by atoms with E-state index in [1.54, 1.807) is 0 Å². The molecular weight excluding hydrogens is 1030 g/mol. The van der Waals surface area contributed by atoms with E-state index in [-0.39, 0.29) is 0 Å². The molecule has 0 heterocycles. The number of hydrogen-bond donors (Lipinski definition) is 0. The summed E-state index contributed by atoms with van der Waals surface area (Å²) in [5.74, 6) is 4.87. The zero-order valence-corrected chi connectivity index (χ0v) is 53.0. The zero-order valence-electron chi connectivity index (χ0n) is 53.0. The van der Waals surface area contributed by atoms with Gasteiger partial charge in [0, 0.05) is 22.3 Å². The highest BCUT2D eigenvalue weighted by Gasteiger charge is 2.23. The third kappa shape index (κ3) is 17.6. The lowest BCUT2D eigenvalue weighted by Gasteiger charge is -2.23. The van der Waals surface area contributed by atoms with Crippen molar-refractivity contribution in [1.82, 2.24) is 0 Å². The highest BCUT2D eigenvalue weighted by atomic mass is 16.5. The Balaban J connectivity index is 0.00000501. The van der Waals surface area contributed by atoms with Crippen LogP contribution >= 0.6 is 0 Å². The van der Waals surface area contributed by atoms with Crippen molar-refractivity contribution in [3.63, 3.8) is 0 Å². The maximum absolute atomic E-state index is 7.11. The second-order valence-electron chi connectivity index (χ2n) is 22.9. The summed E-state index contributed by atoms with van der Waals surface area (Å²) >= 11 is 0. The summed E-state index contributed by atoms with van der Waals surface area (Å²) in [6, 6.07) is 55.9. The number of hydrogen-bond acceptors (Lipinski definition) is 6. The molecule has 4 unspecified atom stereocenters. The van der Waals surface area contributed by atoms with Gasteiger partial charge in [-0.1, -0.05) is 268 Å². The molecule has 8 aromatic carbocycles. The Hall–Kier alpha value is -6.92. The van der Waals surface area contributed by atoms with Crippen LogP contribution in [0, 0.1) is 23.7 Å². The van der Waals surface area contributed by atoms with Gasteiger partial charge in [-0.25, -0.2) is 9.98 Å². The molecule has 6 heteroatoms. The van der Waals surface area contributed by atoms with Gasteiger partial charge in [0.15, 0.2) is 23.0 Å². The Labute approximate surface area is 506 Å². The van der Waals surface area contributed by atoms with Crippen LogP contribution in [0.25, 0.3) is 32.3 Å². The van der Waals surface area contributed by atoms with Gasteiger partial charge < -0.3 is 18.9 Å². The molecule has 0 spiro atoms. The number of rotatable bonds is 34. The van der Waals surface area contributed by atoms with Crippen LogP contribution in [0.5, 0.6) is 23.0 Å². The maximum Gasteiger partial charge on any atom is 0.161 e. The first-order valence-corrected chi connectivity index (χ1v) is 32.8. The molecule has 0 saturated carbocycles. The van der Waals surface area contributed by atoms with E-state index in [2.05, 4.69) is 213 Å². The van der Waals surface area contributed by atoms with Gasteiger partial charge in [0.05, 0.1) is 49.2 Å². The summed E-state index contributed by atoms with van der Waals surface area (Å²) in [7, 11) is 0. The molecule has 8 rings (SSSR count). The van der Waals surface area contributed by atoms with Crippen molar-refractivity contribution in [3.05, 3.63) is 180 Å². The molecule has 0 amide bonds. The molecule has 0 aliphatic rings. The smallest absolute Gasteiger partial charge is 0.161 e. The normalized spacial score (nSPS) is 12.7. The minimum Gasteiger partial charge on any atom is -0.489 e. The van der Waals surface area contributed by atoms with E-state index in [9.17, 15) is 0 Å². The van der Waals surface area contributed by atoms with Crippen molar-refractivity contribution in [2.24, 2.45) is 33.7 Å². The second kappa shape index (κ2) is 34.8. The lowest BCUT2D eigenvalue weighted by atomic mass is 9.92. The van der Waals surface area contributed by atoms with E-state index >= 15 is 0 Å². The van der Waals surface area contributed by atoms with E-state index in [1.807, 2.05) is 13.8 Å². The second-order valence-corrected chi connectivity index (χ2v) is 22.9. The molecule has 0 fully saturated rings. The first-order chi connectivity index (χ1) is 41.3. The molecule has 4 atom stereocenters. The fourth-order valence-corrected chi connectivity index (χ4v) is 11.3. The zero-order chi connectivity index (χ0) is 59.5. The predicted octanol–water partition coefficient (Wildman–Crippen LogP) is 22.9. The number of benzene rings is 8. The molecule has 84 heavy (non-hydrogen) atoms. The van der Waals surface area contributed by atoms with Crippen molar-refractivity contribution in [2.75, 3.05) is 26.4 Å². The van der Waals surface area contributed by atoms with E-state index in [0.717, 1.165) is 165 Å². The van der Waals surface area contributed by atoms with Gasteiger partial charge in [-0.05, 0) is 118 Å². The van der Waals surface area contributed by atoms with Crippen LogP contribution in [-0.2, 0) is 0 Å². The van der Waals surface area contributed by atoms with Gasteiger partial charge in [0.1, 0.15) is 0 Å². The molecule has 0 aliphatic carbocycles. The largest absolute Gasteiger partial charge is 0.489 e. The Kier molecular flexibility index (Phi) is 26.7. The van der Waals surface area contributed by atoms with E-state index in [4.69, 9.17) is 28.9 Å². The molecule has 0 aromatic heterocycles. The van der Waals surface area contributed by atoms with Gasteiger partial charge in [0.25, 0.3) is 0 Å². The van der Waals surface area contributed by atoms with Crippen molar-refractivity contribution in [2.45, 2.75) is 172 Å². The molecule has 0 saturated heterocycles. The predicted molar refractivity (Wildman–Crippen MR) is 362 cm³/mol. The van der Waals surface area contributed by atoms with Crippen LogP contribution < -0.4 is 18.9 Å². The minimum absolute atomic E-state index is 0.431. The summed E-state index contributed by atoms with van der Waals surface area (Å²) in [4.78, 5) is 11.6. The fraction of sp³-hybridized carbons (Fsp3) is 0.436. The molecule has 8 aromatic rings. The van der Waals surface area contributed by atoms with Gasteiger partial charge in [0.2, 0.25) is 0 Å². The monoisotopic (exact) mass is 1130 g/mol.